The van der Waals surface area contributed by atoms with Crippen molar-refractivity contribution in [2.24, 2.45) is 0 Å². The molecule has 2 atom stereocenters. The van der Waals surface area contributed by atoms with Crippen molar-refractivity contribution in [2.75, 3.05) is 13.4 Å². The third kappa shape index (κ3) is 2.99. The Morgan fingerprint density at radius 3 is 2.85 bits per heavy atom. The Morgan fingerprint density at radius 2 is 2.10 bits per heavy atom. The van der Waals surface area contributed by atoms with Gasteiger partial charge in [0.25, 0.3) is 0 Å². The first-order valence-corrected chi connectivity index (χ1v) is 9.01. The second-order valence-electron chi connectivity index (χ2n) is 6.12. The van der Waals surface area contributed by atoms with E-state index >= 15 is 0 Å². The van der Waals surface area contributed by atoms with Gasteiger partial charge in [-0.3, -0.25) is 0 Å². The summed E-state index contributed by atoms with van der Waals surface area (Å²) >= 11 is 2.04. The number of benzene rings is 1. The van der Waals surface area contributed by atoms with Gasteiger partial charge in [0, 0.05) is 17.3 Å². The van der Waals surface area contributed by atoms with Crippen LogP contribution in [0.15, 0.2) is 24.3 Å². The van der Waals surface area contributed by atoms with Crippen LogP contribution in [0.4, 0.5) is 0 Å². The first-order chi connectivity index (χ1) is 9.80. The summed E-state index contributed by atoms with van der Waals surface area (Å²) in [5.41, 5.74) is 1.44. The SMILES string of the molecule is COc1cccc(C2CC(NC3CCCC3SC)C2)c1. The van der Waals surface area contributed by atoms with E-state index in [0.29, 0.717) is 0 Å². The number of thioether (sulfide) groups is 1. The minimum absolute atomic E-state index is 0.719. The minimum atomic E-state index is 0.719. The first-order valence-electron chi connectivity index (χ1n) is 7.73. The molecule has 2 aliphatic rings. The maximum absolute atomic E-state index is 5.32. The Hall–Kier alpha value is -0.670. The van der Waals surface area contributed by atoms with Gasteiger partial charge in [-0.2, -0.15) is 11.8 Å². The van der Waals surface area contributed by atoms with E-state index in [0.717, 1.165) is 29.0 Å². The van der Waals surface area contributed by atoms with Crippen LogP contribution in [0.1, 0.15) is 43.6 Å². The third-order valence-corrected chi connectivity index (χ3v) is 6.08. The fourth-order valence-electron chi connectivity index (χ4n) is 3.62. The largest absolute Gasteiger partial charge is 0.497 e. The number of ether oxygens (including phenoxy) is 1. The van der Waals surface area contributed by atoms with E-state index in [1.165, 1.54) is 37.7 Å². The number of methoxy groups -OCH3 is 1. The highest BCUT2D eigenvalue weighted by Crippen LogP contribution is 2.39. The Kier molecular flexibility index (Phi) is 4.57. The Bertz CT molecular complexity index is 444. The second-order valence-corrected chi connectivity index (χ2v) is 7.20. The van der Waals surface area contributed by atoms with E-state index in [4.69, 9.17) is 4.74 Å². The molecular formula is C17H25NOS. The summed E-state index contributed by atoms with van der Waals surface area (Å²) in [5, 5.41) is 4.73. The zero-order valence-electron chi connectivity index (χ0n) is 12.5. The van der Waals surface area contributed by atoms with E-state index in [2.05, 4.69) is 29.8 Å². The van der Waals surface area contributed by atoms with Crippen molar-refractivity contribution in [3.63, 3.8) is 0 Å². The van der Waals surface area contributed by atoms with E-state index < -0.39 is 0 Å². The van der Waals surface area contributed by atoms with Gasteiger partial charge in [-0.1, -0.05) is 18.6 Å². The molecule has 0 saturated heterocycles. The molecule has 0 radical (unpaired) electrons. The molecule has 110 valence electrons. The van der Waals surface area contributed by atoms with Crippen molar-refractivity contribution in [1.29, 1.82) is 0 Å². The van der Waals surface area contributed by atoms with Crippen molar-refractivity contribution in [3.05, 3.63) is 29.8 Å². The molecular weight excluding hydrogens is 266 g/mol. The normalized spacial score (nSPS) is 32.9. The molecule has 2 saturated carbocycles. The molecule has 0 aliphatic heterocycles. The van der Waals surface area contributed by atoms with E-state index in [-0.39, 0.29) is 0 Å². The van der Waals surface area contributed by atoms with Crippen molar-refractivity contribution in [2.45, 2.75) is 55.4 Å². The lowest BCUT2D eigenvalue weighted by atomic mass is 9.75. The average molecular weight is 291 g/mol. The van der Waals surface area contributed by atoms with Gasteiger partial charge in [-0.25, -0.2) is 0 Å². The molecule has 0 aromatic heterocycles. The van der Waals surface area contributed by atoms with Crippen LogP contribution >= 0.6 is 11.8 Å². The van der Waals surface area contributed by atoms with Crippen LogP contribution in [0.2, 0.25) is 0 Å². The van der Waals surface area contributed by atoms with Crippen molar-refractivity contribution in [3.8, 4) is 5.75 Å². The van der Waals surface area contributed by atoms with Crippen LogP contribution < -0.4 is 10.1 Å². The van der Waals surface area contributed by atoms with Gasteiger partial charge in [0.15, 0.2) is 0 Å². The summed E-state index contributed by atoms with van der Waals surface area (Å²) in [6, 6.07) is 10.0. The molecule has 0 amide bonds. The Labute approximate surface area is 126 Å². The Balaban J connectivity index is 1.51. The fraction of sp³-hybridized carbons (Fsp3) is 0.647. The number of hydrogen-bond acceptors (Lipinski definition) is 3. The fourth-order valence-corrected chi connectivity index (χ4v) is 4.57. The van der Waals surface area contributed by atoms with E-state index in [1.54, 1.807) is 7.11 Å². The van der Waals surface area contributed by atoms with E-state index in [1.807, 2.05) is 17.8 Å². The van der Waals surface area contributed by atoms with E-state index in [9.17, 15) is 0 Å². The summed E-state index contributed by atoms with van der Waals surface area (Å²) < 4.78 is 5.32. The summed E-state index contributed by atoms with van der Waals surface area (Å²) in [6.07, 6.45) is 8.98. The summed E-state index contributed by atoms with van der Waals surface area (Å²) in [4.78, 5) is 0. The van der Waals surface area contributed by atoms with Crippen molar-refractivity contribution >= 4 is 11.8 Å². The number of nitrogens with one attached hydrogen (secondary N) is 1. The molecule has 3 rings (SSSR count). The summed E-state index contributed by atoms with van der Waals surface area (Å²) in [7, 11) is 1.74. The average Bonchev–Trinajstić information content (AvgIpc) is 2.89. The van der Waals surface area contributed by atoms with Gasteiger partial charge >= 0.3 is 0 Å². The number of hydrogen-bond donors (Lipinski definition) is 1. The van der Waals surface area contributed by atoms with Gasteiger partial charge in [-0.05, 0) is 55.6 Å². The van der Waals surface area contributed by atoms with Crippen molar-refractivity contribution < 1.29 is 4.74 Å². The van der Waals surface area contributed by atoms with Gasteiger partial charge in [-0.15, -0.1) is 0 Å². The summed E-state index contributed by atoms with van der Waals surface area (Å²) in [6.45, 7) is 0. The molecule has 1 aromatic rings. The molecule has 3 heteroatoms. The maximum Gasteiger partial charge on any atom is 0.119 e. The van der Waals surface area contributed by atoms with Gasteiger partial charge in [0.05, 0.1) is 7.11 Å². The van der Waals surface area contributed by atoms with Crippen LogP contribution in [0.25, 0.3) is 0 Å². The predicted octanol–water partition coefficient (Wildman–Crippen LogP) is 3.81. The molecule has 0 spiro atoms. The molecule has 20 heavy (non-hydrogen) atoms. The van der Waals surface area contributed by atoms with Crippen LogP contribution in [-0.4, -0.2) is 30.7 Å². The number of rotatable bonds is 5. The molecule has 2 aliphatic carbocycles. The quantitative estimate of drug-likeness (QED) is 0.891. The third-order valence-electron chi connectivity index (χ3n) is 4.91. The second kappa shape index (κ2) is 6.40. The molecule has 2 fully saturated rings. The lowest BCUT2D eigenvalue weighted by molar-refractivity contribution is 0.266. The Morgan fingerprint density at radius 1 is 1.25 bits per heavy atom. The first kappa shape index (κ1) is 14.3. The highest BCUT2D eigenvalue weighted by molar-refractivity contribution is 7.99. The molecule has 2 unspecified atom stereocenters. The monoisotopic (exact) mass is 291 g/mol. The minimum Gasteiger partial charge on any atom is -0.497 e. The van der Waals surface area contributed by atoms with Gasteiger partial charge in [0.1, 0.15) is 5.75 Å². The highest BCUT2D eigenvalue weighted by Gasteiger charge is 2.35. The maximum atomic E-state index is 5.32. The van der Waals surface area contributed by atoms with Crippen LogP contribution in [0, 0.1) is 0 Å². The summed E-state index contributed by atoms with van der Waals surface area (Å²) in [5.74, 6) is 1.70. The lowest BCUT2D eigenvalue weighted by Gasteiger charge is -2.39. The smallest absolute Gasteiger partial charge is 0.119 e. The van der Waals surface area contributed by atoms with Crippen LogP contribution in [0.5, 0.6) is 5.75 Å². The standard InChI is InChI=1S/C17H25NOS/c1-19-15-6-3-5-12(11-15)13-9-14(10-13)18-16-7-4-8-17(16)20-2/h3,5-6,11,13-14,16-18H,4,7-10H2,1-2H3. The molecule has 1 aromatic carbocycles. The molecule has 0 bridgehead atoms. The van der Waals surface area contributed by atoms with Gasteiger partial charge in [0.2, 0.25) is 0 Å². The topological polar surface area (TPSA) is 21.3 Å². The zero-order valence-corrected chi connectivity index (χ0v) is 13.3. The molecule has 1 N–H and O–H groups in total. The van der Waals surface area contributed by atoms with Crippen molar-refractivity contribution in [1.82, 2.24) is 5.32 Å². The lowest BCUT2D eigenvalue weighted by Crippen LogP contribution is -2.47. The van der Waals surface area contributed by atoms with Gasteiger partial charge < -0.3 is 10.1 Å². The van der Waals surface area contributed by atoms with Crippen LogP contribution in [0.3, 0.4) is 0 Å². The zero-order chi connectivity index (χ0) is 13.9. The van der Waals surface area contributed by atoms with Crippen LogP contribution in [-0.2, 0) is 0 Å². The highest BCUT2D eigenvalue weighted by atomic mass is 32.2. The predicted molar refractivity (Wildman–Crippen MR) is 86.8 cm³/mol. The molecule has 2 nitrogen and oxygen atoms in total. The molecule has 0 heterocycles.